The van der Waals surface area contributed by atoms with Gasteiger partial charge >= 0.3 is 0 Å². The number of hydrogen-bond acceptors (Lipinski definition) is 2. The van der Waals surface area contributed by atoms with Gasteiger partial charge < -0.3 is 9.47 Å². The van der Waals surface area contributed by atoms with Gasteiger partial charge in [-0.2, -0.15) is 0 Å². The second-order valence-corrected chi connectivity index (χ2v) is 14.1. The van der Waals surface area contributed by atoms with E-state index in [4.69, 9.17) is 9.47 Å². The van der Waals surface area contributed by atoms with Gasteiger partial charge in [0.25, 0.3) is 0 Å². The standard InChI is InChI=1S/C43H48O2/c1-9-11-13-17-32-27-33(18-14-12-10-2)29-34(28-32)21-22-35-30-37(24-26-43(6,7)8)38(31-36(35)23-25-42(3,4)5)41-44-39-19-15-16-20-40(39)45-41/h27-31,39-41H,9-12,15-16,19-20H2,1-8H3/t39-,40+,41?. The number of ether oxygens (including phenoxy) is 2. The highest BCUT2D eigenvalue weighted by atomic mass is 16.7. The van der Waals surface area contributed by atoms with Crippen LogP contribution < -0.4 is 0 Å². The molecule has 2 nitrogen and oxygen atoms in total. The summed E-state index contributed by atoms with van der Waals surface area (Å²) >= 11 is 0. The lowest BCUT2D eigenvalue weighted by molar-refractivity contribution is -0.0682. The van der Waals surface area contributed by atoms with Gasteiger partial charge in [-0.25, -0.2) is 0 Å². The lowest BCUT2D eigenvalue weighted by Crippen LogP contribution is -2.25. The first-order valence-corrected chi connectivity index (χ1v) is 16.6. The van der Waals surface area contributed by atoms with Crippen LogP contribution in [0.1, 0.15) is 152 Å². The third kappa shape index (κ3) is 10.6. The number of fused-ring (bicyclic) bond motifs is 1. The molecule has 2 fully saturated rings. The minimum atomic E-state index is -0.456. The van der Waals surface area contributed by atoms with E-state index in [9.17, 15) is 0 Å². The molecule has 0 bridgehead atoms. The van der Waals surface area contributed by atoms with Gasteiger partial charge in [-0.1, -0.05) is 85.9 Å². The van der Waals surface area contributed by atoms with Gasteiger partial charge in [0, 0.05) is 62.6 Å². The van der Waals surface area contributed by atoms with E-state index in [-0.39, 0.29) is 23.0 Å². The Kier molecular flexibility index (Phi) is 11.7. The lowest BCUT2D eigenvalue weighted by atomic mass is 9.93. The molecule has 1 heterocycles. The monoisotopic (exact) mass is 596 g/mol. The molecule has 1 saturated heterocycles. The maximum absolute atomic E-state index is 6.50. The molecule has 232 valence electrons. The van der Waals surface area contributed by atoms with E-state index in [0.29, 0.717) is 0 Å². The van der Waals surface area contributed by atoms with Gasteiger partial charge in [-0.05, 0) is 97.6 Å². The van der Waals surface area contributed by atoms with Gasteiger partial charge in [0.2, 0.25) is 0 Å². The normalized spacial score (nSPS) is 18.7. The predicted octanol–water partition coefficient (Wildman–Crippen LogP) is 9.54. The van der Waals surface area contributed by atoms with Crippen molar-refractivity contribution >= 4 is 0 Å². The number of unbranched alkanes of at least 4 members (excludes halogenated alkanes) is 2. The summed E-state index contributed by atoms with van der Waals surface area (Å²) in [6.45, 7) is 17.0. The minimum absolute atomic E-state index is 0.137. The first-order chi connectivity index (χ1) is 21.4. The first kappa shape index (κ1) is 34.0. The first-order valence-electron chi connectivity index (χ1n) is 16.6. The number of rotatable bonds is 3. The van der Waals surface area contributed by atoms with Gasteiger partial charge in [0.1, 0.15) is 0 Å². The topological polar surface area (TPSA) is 18.5 Å². The van der Waals surface area contributed by atoms with Crippen LogP contribution in [0, 0.1) is 70.0 Å². The molecule has 45 heavy (non-hydrogen) atoms. The molecule has 2 aromatic carbocycles. The summed E-state index contributed by atoms with van der Waals surface area (Å²) in [6, 6.07) is 10.3. The van der Waals surface area contributed by atoms with Crippen molar-refractivity contribution in [3.05, 3.63) is 69.3 Å². The van der Waals surface area contributed by atoms with Gasteiger partial charge in [0.15, 0.2) is 6.29 Å². The fraction of sp³-hybridized carbons (Fsp3) is 0.488. The predicted molar refractivity (Wildman–Crippen MR) is 186 cm³/mol. The third-order valence-electron chi connectivity index (χ3n) is 7.32. The SMILES string of the molecule is CCCC#Cc1cc(C#CCCC)cc(C#Cc2cc(C#CC(C)(C)C)c(C3O[C@H]4CCCC[C@H]4O3)cc2C#CC(C)(C)C)c1. The van der Waals surface area contributed by atoms with Crippen molar-refractivity contribution in [2.45, 2.75) is 125 Å². The average molecular weight is 597 g/mol. The zero-order chi connectivity index (χ0) is 32.5. The molecule has 0 aromatic heterocycles. The van der Waals surface area contributed by atoms with Crippen LogP contribution in [0.4, 0.5) is 0 Å². The molecule has 3 atom stereocenters. The Hall–Kier alpha value is -3.84. The Morgan fingerprint density at radius 2 is 1.04 bits per heavy atom. The van der Waals surface area contributed by atoms with Crippen molar-refractivity contribution in [3.63, 3.8) is 0 Å². The van der Waals surface area contributed by atoms with E-state index in [1.165, 1.54) is 12.8 Å². The largest absolute Gasteiger partial charge is 0.342 e. The molecule has 2 heteroatoms. The van der Waals surface area contributed by atoms with Crippen LogP contribution in [0.25, 0.3) is 0 Å². The van der Waals surface area contributed by atoms with Crippen LogP contribution in [-0.4, -0.2) is 12.2 Å². The van der Waals surface area contributed by atoms with E-state index in [1.54, 1.807) is 0 Å². The zero-order valence-corrected chi connectivity index (χ0v) is 28.6. The van der Waals surface area contributed by atoms with E-state index in [2.05, 4.69) is 145 Å². The minimum Gasteiger partial charge on any atom is -0.342 e. The molecule has 4 rings (SSSR count). The van der Waals surface area contributed by atoms with Crippen LogP contribution in [0.15, 0.2) is 30.3 Å². The zero-order valence-electron chi connectivity index (χ0n) is 28.6. The Morgan fingerprint density at radius 3 is 1.53 bits per heavy atom. The van der Waals surface area contributed by atoms with Gasteiger partial charge in [0.05, 0.1) is 12.2 Å². The molecule has 2 aromatic rings. The fourth-order valence-corrected chi connectivity index (χ4v) is 5.07. The van der Waals surface area contributed by atoms with Crippen LogP contribution in [0.3, 0.4) is 0 Å². The molecule has 1 unspecified atom stereocenters. The maximum Gasteiger partial charge on any atom is 0.185 e. The lowest BCUT2D eigenvalue weighted by Gasteiger charge is -2.21. The summed E-state index contributed by atoms with van der Waals surface area (Å²) in [5, 5.41) is 0. The van der Waals surface area contributed by atoms with Crippen molar-refractivity contribution in [3.8, 4) is 59.2 Å². The molecular weight excluding hydrogens is 548 g/mol. The summed E-state index contributed by atoms with van der Waals surface area (Å²) in [4.78, 5) is 0. The van der Waals surface area contributed by atoms with Crippen LogP contribution in [-0.2, 0) is 9.47 Å². The number of benzene rings is 2. The number of hydrogen-bond donors (Lipinski definition) is 0. The maximum atomic E-state index is 6.50. The van der Waals surface area contributed by atoms with E-state index < -0.39 is 6.29 Å². The Morgan fingerprint density at radius 1 is 0.578 bits per heavy atom. The van der Waals surface area contributed by atoms with E-state index in [1.807, 2.05) is 0 Å². The van der Waals surface area contributed by atoms with Crippen molar-refractivity contribution in [2.75, 3.05) is 0 Å². The highest BCUT2D eigenvalue weighted by molar-refractivity contribution is 5.60. The summed E-state index contributed by atoms with van der Waals surface area (Å²) in [5.74, 6) is 33.8. The molecular formula is C43H48O2. The van der Waals surface area contributed by atoms with Gasteiger partial charge in [-0.3, -0.25) is 0 Å². The molecule has 0 spiro atoms. The van der Waals surface area contributed by atoms with Crippen LogP contribution in [0.5, 0.6) is 0 Å². The molecule has 0 amide bonds. The van der Waals surface area contributed by atoms with E-state index in [0.717, 1.165) is 77.5 Å². The van der Waals surface area contributed by atoms with Crippen molar-refractivity contribution in [1.82, 2.24) is 0 Å². The van der Waals surface area contributed by atoms with Crippen molar-refractivity contribution < 1.29 is 9.47 Å². The van der Waals surface area contributed by atoms with Crippen LogP contribution >= 0.6 is 0 Å². The van der Waals surface area contributed by atoms with Crippen molar-refractivity contribution in [1.29, 1.82) is 0 Å². The fourth-order valence-electron chi connectivity index (χ4n) is 5.07. The smallest absolute Gasteiger partial charge is 0.185 e. The quantitative estimate of drug-likeness (QED) is 0.329. The highest BCUT2D eigenvalue weighted by Crippen LogP contribution is 2.40. The second kappa shape index (κ2) is 15.4. The molecule has 1 aliphatic heterocycles. The average Bonchev–Trinajstić information content (AvgIpc) is 3.42. The highest BCUT2D eigenvalue weighted by Gasteiger charge is 2.39. The molecule has 0 N–H and O–H groups in total. The van der Waals surface area contributed by atoms with Gasteiger partial charge in [-0.15, -0.1) is 0 Å². The summed E-state index contributed by atoms with van der Waals surface area (Å²) in [7, 11) is 0. The third-order valence-corrected chi connectivity index (χ3v) is 7.32. The van der Waals surface area contributed by atoms with E-state index >= 15 is 0 Å². The molecule has 0 radical (unpaired) electrons. The Bertz CT molecular complexity index is 1630. The van der Waals surface area contributed by atoms with Crippen molar-refractivity contribution in [2.24, 2.45) is 10.8 Å². The summed E-state index contributed by atoms with van der Waals surface area (Å²) < 4.78 is 13.0. The summed E-state index contributed by atoms with van der Waals surface area (Å²) in [5.41, 5.74) is 5.95. The van der Waals surface area contributed by atoms with Crippen LogP contribution in [0.2, 0.25) is 0 Å². The molecule has 1 aliphatic carbocycles. The molecule has 2 aliphatic rings. The summed E-state index contributed by atoms with van der Waals surface area (Å²) in [6.07, 6.45) is 8.05. The second-order valence-electron chi connectivity index (χ2n) is 14.1. The Labute approximate surface area is 273 Å². The molecule has 1 saturated carbocycles. The Balaban J connectivity index is 1.86.